The molecule has 0 aliphatic carbocycles. The number of hydrogen-bond acceptors (Lipinski definition) is 4. The molecule has 5 nitrogen and oxygen atoms in total. The smallest absolute Gasteiger partial charge is 0.410 e. The summed E-state index contributed by atoms with van der Waals surface area (Å²) in [5.41, 5.74) is -0.592. The molecule has 2 unspecified atom stereocenters. The Hall–Kier alpha value is -2.62. The molecule has 0 aromatic heterocycles. The Morgan fingerprint density at radius 3 is 1.94 bits per heavy atom. The van der Waals surface area contributed by atoms with Crippen molar-refractivity contribution in [2.45, 2.75) is 64.6 Å². The third kappa shape index (κ3) is 5.48. The van der Waals surface area contributed by atoms with Crippen LogP contribution in [0.5, 0.6) is 0 Å². The number of rotatable bonds is 5. The van der Waals surface area contributed by atoms with E-state index in [0.717, 1.165) is 0 Å². The normalized spacial score (nSPS) is 19.2. The summed E-state index contributed by atoms with van der Waals surface area (Å²) < 4.78 is 12.7. The highest BCUT2D eigenvalue weighted by molar-refractivity contribution is 6.99. The Kier molecular flexibility index (Phi) is 7.35. The first-order valence-electron chi connectivity index (χ1n) is 11.6. The maximum Gasteiger partial charge on any atom is 0.410 e. The van der Waals surface area contributed by atoms with Gasteiger partial charge in [-0.05, 0) is 42.6 Å². The molecule has 0 spiro atoms. The van der Waals surface area contributed by atoms with E-state index in [1.165, 1.54) is 10.4 Å². The number of nitriles is 1. The molecule has 176 valence electrons. The van der Waals surface area contributed by atoms with Gasteiger partial charge < -0.3 is 14.1 Å². The van der Waals surface area contributed by atoms with Crippen LogP contribution < -0.4 is 10.4 Å². The lowest BCUT2D eigenvalue weighted by atomic mass is 10.1. The van der Waals surface area contributed by atoms with E-state index in [-0.39, 0.29) is 23.1 Å². The van der Waals surface area contributed by atoms with Gasteiger partial charge in [0.2, 0.25) is 0 Å². The molecule has 1 amide bonds. The quantitative estimate of drug-likeness (QED) is 0.601. The molecule has 1 saturated heterocycles. The molecular weight excluding hydrogens is 428 g/mol. The Labute approximate surface area is 199 Å². The molecule has 3 rings (SSSR count). The average molecular weight is 465 g/mol. The molecular formula is C27H36N2O3Si. The zero-order chi connectivity index (χ0) is 24.3. The summed E-state index contributed by atoms with van der Waals surface area (Å²) in [6, 6.07) is 23.0. The second kappa shape index (κ2) is 9.70. The van der Waals surface area contributed by atoms with Crippen molar-refractivity contribution in [3.63, 3.8) is 0 Å². The summed E-state index contributed by atoms with van der Waals surface area (Å²) in [5.74, 6) is -0.217. The number of hydrogen-bond donors (Lipinski definition) is 0. The van der Waals surface area contributed by atoms with Crippen LogP contribution in [0, 0.1) is 17.2 Å². The van der Waals surface area contributed by atoms with Gasteiger partial charge in [-0.25, -0.2) is 4.79 Å². The van der Waals surface area contributed by atoms with Gasteiger partial charge in [0.1, 0.15) is 5.60 Å². The highest BCUT2D eigenvalue weighted by atomic mass is 28.4. The Morgan fingerprint density at radius 2 is 1.52 bits per heavy atom. The Morgan fingerprint density at radius 1 is 1.00 bits per heavy atom. The molecule has 2 aromatic rings. The fourth-order valence-electron chi connectivity index (χ4n) is 4.70. The monoisotopic (exact) mass is 464 g/mol. The SMILES string of the molecule is CC(C)(C)OC(=O)N1CC(C#N)CC1CO[Si](c1ccccc1)(c1ccccc1)C(C)(C)C. The van der Waals surface area contributed by atoms with Gasteiger partial charge in [0.15, 0.2) is 0 Å². The van der Waals surface area contributed by atoms with Gasteiger partial charge in [0.05, 0.1) is 24.6 Å². The van der Waals surface area contributed by atoms with Crippen LogP contribution in [0.25, 0.3) is 0 Å². The third-order valence-corrected chi connectivity index (χ3v) is 11.1. The number of benzene rings is 2. The first-order valence-corrected chi connectivity index (χ1v) is 13.5. The molecule has 1 aliphatic heterocycles. The van der Waals surface area contributed by atoms with Gasteiger partial charge in [0.25, 0.3) is 8.32 Å². The Bertz CT molecular complexity index is 935. The summed E-state index contributed by atoms with van der Waals surface area (Å²) in [6.45, 7) is 13.0. The van der Waals surface area contributed by atoms with Gasteiger partial charge in [-0.1, -0.05) is 81.4 Å². The average Bonchev–Trinajstić information content (AvgIpc) is 3.17. The second-order valence-electron chi connectivity index (χ2n) is 10.8. The highest BCUT2D eigenvalue weighted by Crippen LogP contribution is 2.37. The van der Waals surface area contributed by atoms with E-state index in [4.69, 9.17) is 9.16 Å². The van der Waals surface area contributed by atoms with Crippen LogP contribution in [0.4, 0.5) is 4.79 Å². The maximum atomic E-state index is 12.9. The van der Waals surface area contributed by atoms with Crippen LogP contribution in [-0.2, 0) is 9.16 Å². The number of ether oxygens (including phenoxy) is 1. The molecule has 33 heavy (non-hydrogen) atoms. The topological polar surface area (TPSA) is 62.6 Å². The lowest BCUT2D eigenvalue weighted by Crippen LogP contribution is -2.67. The predicted octanol–water partition coefficient (Wildman–Crippen LogP) is 4.71. The van der Waals surface area contributed by atoms with E-state index < -0.39 is 13.9 Å². The zero-order valence-electron chi connectivity index (χ0n) is 20.7. The summed E-state index contributed by atoms with van der Waals surface area (Å²) in [5, 5.41) is 11.8. The Balaban J connectivity index is 1.98. The van der Waals surface area contributed by atoms with Gasteiger partial charge in [-0.15, -0.1) is 0 Å². The third-order valence-electron chi connectivity index (χ3n) is 6.13. The van der Waals surface area contributed by atoms with Gasteiger partial charge in [-0.3, -0.25) is 0 Å². The van der Waals surface area contributed by atoms with E-state index in [1.54, 1.807) is 4.90 Å². The fourth-order valence-corrected chi connectivity index (χ4v) is 9.29. The molecule has 2 aromatic carbocycles. The summed E-state index contributed by atoms with van der Waals surface area (Å²) in [4.78, 5) is 14.6. The molecule has 0 saturated carbocycles. The van der Waals surface area contributed by atoms with Crippen LogP contribution in [0.1, 0.15) is 48.0 Å². The number of carbonyl (C=O) groups excluding carboxylic acids is 1. The minimum absolute atomic E-state index is 0.153. The summed E-state index contributed by atoms with van der Waals surface area (Å²) in [7, 11) is -2.72. The molecule has 1 heterocycles. The van der Waals surface area contributed by atoms with E-state index in [0.29, 0.717) is 19.6 Å². The zero-order valence-corrected chi connectivity index (χ0v) is 21.7. The van der Waals surface area contributed by atoms with Crippen molar-refractivity contribution in [2.24, 2.45) is 5.92 Å². The van der Waals surface area contributed by atoms with E-state index in [1.807, 2.05) is 32.9 Å². The maximum absolute atomic E-state index is 12.9. The molecule has 1 fully saturated rings. The molecule has 0 bridgehead atoms. The van der Waals surface area contributed by atoms with E-state index in [2.05, 4.69) is 75.4 Å². The molecule has 1 aliphatic rings. The van der Waals surface area contributed by atoms with Crippen molar-refractivity contribution >= 4 is 24.8 Å². The standard InChI is InChI=1S/C27H36N2O3Si/c1-26(2,3)32-25(30)29-19-21(18-28)17-22(29)20-31-33(27(4,5)6,23-13-9-7-10-14-23)24-15-11-8-12-16-24/h7-16,21-22H,17,19-20H2,1-6H3. The summed E-state index contributed by atoms with van der Waals surface area (Å²) >= 11 is 0. The van der Waals surface area contributed by atoms with Gasteiger partial charge in [-0.2, -0.15) is 5.26 Å². The molecule has 6 heteroatoms. The van der Waals surface area contributed by atoms with Crippen LogP contribution >= 0.6 is 0 Å². The van der Waals surface area contributed by atoms with Crippen molar-refractivity contribution in [3.8, 4) is 6.07 Å². The largest absolute Gasteiger partial charge is 0.444 e. The van der Waals surface area contributed by atoms with Crippen molar-refractivity contribution in [2.75, 3.05) is 13.2 Å². The van der Waals surface area contributed by atoms with Crippen LogP contribution in [0.15, 0.2) is 60.7 Å². The van der Waals surface area contributed by atoms with Crippen LogP contribution in [0.2, 0.25) is 5.04 Å². The number of nitrogens with zero attached hydrogens (tertiary/aromatic N) is 2. The minimum Gasteiger partial charge on any atom is -0.444 e. The predicted molar refractivity (Wildman–Crippen MR) is 134 cm³/mol. The highest BCUT2D eigenvalue weighted by Gasteiger charge is 2.51. The van der Waals surface area contributed by atoms with Crippen LogP contribution in [-0.4, -0.2) is 44.1 Å². The molecule has 0 N–H and O–H groups in total. The lowest BCUT2D eigenvalue weighted by Gasteiger charge is -2.44. The second-order valence-corrected chi connectivity index (χ2v) is 15.1. The summed E-state index contributed by atoms with van der Waals surface area (Å²) in [6.07, 6.45) is 0.213. The van der Waals surface area contributed by atoms with Crippen molar-refractivity contribution < 1.29 is 14.0 Å². The minimum atomic E-state index is -2.72. The first kappa shape index (κ1) is 25.0. The first-order chi connectivity index (χ1) is 15.5. The lowest BCUT2D eigenvalue weighted by molar-refractivity contribution is 0.0181. The van der Waals surface area contributed by atoms with Crippen molar-refractivity contribution in [3.05, 3.63) is 60.7 Å². The number of likely N-dealkylation sites (tertiary alicyclic amines) is 1. The van der Waals surface area contributed by atoms with E-state index >= 15 is 0 Å². The van der Waals surface area contributed by atoms with Crippen molar-refractivity contribution in [1.29, 1.82) is 5.26 Å². The van der Waals surface area contributed by atoms with Crippen molar-refractivity contribution in [1.82, 2.24) is 4.90 Å². The molecule has 2 atom stereocenters. The van der Waals surface area contributed by atoms with E-state index in [9.17, 15) is 10.1 Å². The van der Waals surface area contributed by atoms with Gasteiger partial charge in [0, 0.05) is 6.54 Å². The number of amides is 1. The number of carbonyl (C=O) groups is 1. The van der Waals surface area contributed by atoms with Gasteiger partial charge >= 0.3 is 6.09 Å². The fraction of sp³-hybridized carbons (Fsp3) is 0.481. The van der Waals surface area contributed by atoms with Crippen LogP contribution in [0.3, 0.4) is 0 Å². The molecule has 0 radical (unpaired) electrons.